The molecule has 5 heteroatoms. The monoisotopic (exact) mass is 274 g/mol. The number of aliphatic hydroxyl groups is 1. The quantitative estimate of drug-likeness (QED) is 0.849. The summed E-state index contributed by atoms with van der Waals surface area (Å²) in [6, 6.07) is 8.60. The Morgan fingerprint density at radius 1 is 1.50 bits per heavy atom. The molecule has 1 saturated carbocycles. The highest BCUT2D eigenvalue weighted by Gasteiger charge is 2.34. The van der Waals surface area contributed by atoms with Crippen LogP contribution in [0.3, 0.4) is 0 Å². The SMILES string of the molecule is CC(Oc1ccc(C#N)cc1)C(=O)NCC1(O)CCC1. The molecule has 20 heavy (non-hydrogen) atoms. The van der Waals surface area contributed by atoms with Gasteiger partial charge in [-0.15, -0.1) is 0 Å². The van der Waals surface area contributed by atoms with Gasteiger partial charge in [0.1, 0.15) is 5.75 Å². The summed E-state index contributed by atoms with van der Waals surface area (Å²) in [6.07, 6.45) is 1.83. The molecule has 0 spiro atoms. The average molecular weight is 274 g/mol. The summed E-state index contributed by atoms with van der Waals surface area (Å²) in [4.78, 5) is 11.9. The fourth-order valence-corrected chi connectivity index (χ4v) is 2.02. The van der Waals surface area contributed by atoms with Crippen LogP contribution in [0.5, 0.6) is 5.75 Å². The van der Waals surface area contributed by atoms with Gasteiger partial charge in [0.2, 0.25) is 0 Å². The van der Waals surface area contributed by atoms with Gasteiger partial charge in [0.15, 0.2) is 6.10 Å². The van der Waals surface area contributed by atoms with E-state index in [1.54, 1.807) is 31.2 Å². The van der Waals surface area contributed by atoms with Crippen LogP contribution in [0.4, 0.5) is 0 Å². The molecule has 0 bridgehead atoms. The zero-order chi connectivity index (χ0) is 14.6. The van der Waals surface area contributed by atoms with E-state index in [4.69, 9.17) is 10.00 Å². The van der Waals surface area contributed by atoms with Crippen molar-refractivity contribution >= 4 is 5.91 Å². The first kappa shape index (κ1) is 14.4. The summed E-state index contributed by atoms with van der Waals surface area (Å²) < 4.78 is 5.49. The van der Waals surface area contributed by atoms with Gasteiger partial charge in [0.05, 0.1) is 17.2 Å². The Morgan fingerprint density at radius 3 is 2.65 bits per heavy atom. The largest absolute Gasteiger partial charge is 0.481 e. The predicted octanol–water partition coefficient (Wildman–Crippen LogP) is 1.36. The minimum absolute atomic E-state index is 0.255. The number of ether oxygens (including phenoxy) is 1. The number of nitrogens with zero attached hydrogens (tertiary/aromatic N) is 1. The van der Waals surface area contributed by atoms with Crippen molar-refractivity contribution in [2.75, 3.05) is 6.54 Å². The van der Waals surface area contributed by atoms with E-state index in [0.717, 1.165) is 19.3 Å². The van der Waals surface area contributed by atoms with Crippen molar-refractivity contribution in [3.05, 3.63) is 29.8 Å². The molecule has 0 aliphatic heterocycles. The Balaban J connectivity index is 1.82. The molecule has 0 heterocycles. The number of amides is 1. The van der Waals surface area contributed by atoms with Gasteiger partial charge < -0.3 is 15.2 Å². The molecule has 1 unspecified atom stereocenters. The molecule has 2 rings (SSSR count). The summed E-state index contributed by atoms with van der Waals surface area (Å²) >= 11 is 0. The summed E-state index contributed by atoms with van der Waals surface area (Å²) in [5.41, 5.74) is -0.189. The molecule has 0 radical (unpaired) electrons. The van der Waals surface area contributed by atoms with Gasteiger partial charge in [0.25, 0.3) is 5.91 Å². The van der Waals surface area contributed by atoms with Crippen LogP contribution in [0, 0.1) is 11.3 Å². The second-order valence-electron chi connectivity index (χ2n) is 5.19. The molecule has 1 amide bonds. The number of rotatable bonds is 5. The zero-order valence-electron chi connectivity index (χ0n) is 11.4. The Morgan fingerprint density at radius 2 is 2.15 bits per heavy atom. The van der Waals surface area contributed by atoms with Gasteiger partial charge in [0, 0.05) is 6.54 Å². The molecule has 0 aromatic heterocycles. The number of carbonyl (C=O) groups excluding carboxylic acids is 1. The molecular weight excluding hydrogens is 256 g/mol. The molecule has 1 atom stereocenters. The maximum Gasteiger partial charge on any atom is 0.260 e. The van der Waals surface area contributed by atoms with Crippen molar-refractivity contribution in [2.24, 2.45) is 0 Å². The third-order valence-corrected chi connectivity index (χ3v) is 3.54. The van der Waals surface area contributed by atoms with Crippen LogP contribution in [0.15, 0.2) is 24.3 Å². The summed E-state index contributed by atoms with van der Waals surface area (Å²) in [5.74, 6) is 0.281. The highest BCUT2D eigenvalue weighted by atomic mass is 16.5. The topological polar surface area (TPSA) is 82.3 Å². The van der Waals surface area contributed by atoms with Crippen molar-refractivity contribution in [1.29, 1.82) is 5.26 Å². The van der Waals surface area contributed by atoms with Gasteiger partial charge in [-0.3, -0.25) is 4.79 Å². The smallest absolute Gasteiger partial charge is 0.260 e. The van der Waals surface area contributed by atoms with Crippen molar-refractivity contribution in [3.63, 3.8) is 0 Å². The lowest BCUT2D eigenvalue weighted by atomic mass is 9.80. The van der Waals surface area contributed by atoms with E-state index in [9.17, 15) is 9.90 Å². The first-order valence-corrected chi connectivity index (χ1v) is 6.69. The number of hydrogen-bond donors (Lipinski definition) is 2. The molecule has 1 aromatic rings. The van der Waals surface area contributed by atoms with Crippen LogP contribution in [-0.4, -0.2) is 29.3 Å². The van der Waals surface area contributed by atoms with E-state index in [1.807, 2.05) is 6.07 Å². The van der Waals surface area contributed by atoms with Crippen molar-refractivity contribution in [2.45, 2.75) is 37.9 Å². The fraction of sp³-hybridized carbons (Fsp3) is 0.467. The lowest BCUT2D eigenvalue weighted by molar-refractivity contribution is -0.129. The van der Waals surface area contributed by atoms with Crippen molar-refractivity contribution in [1.82, 2.24) is 5.32 Å². The maximum atomic E-state index is 11.9. The molecule has 0 saturated heterocycles. The number of hydrogen-bond acceptors (Lipinski definition) is 4. The molecule has 1 aliphatic carbocycles. The van der Waals surface area contributed by atoms with Gasteiger partial charge in [-0.25, -0.2) is 0 Å². The average Bonchev–Trinajstić information content (AvgIpc) is 2.43. The van der Waals surface area contributed by atoms with Crippen molar-refractivity contribution < 1.29 is 14.6 Å². The van der Waals surface area contributed by atoms with Crippen LogP contribution in [0.1, 0.15) is 31.7 Å². The first-order valence-electron chi connectivity index (χ1n) is 6.69. The van der Waals surface area contributed by atoms with Crippen LogP contribution in [0.2, 0.25) is 0 Å². The zero-order valence-corrected chi connectivity index (χ0v) is 11.4. The normalized spacial score (nSPS) is 17.4. The maximum absolute atomic E-state index is 11.9. The predicted molar refractivity (Wildman–Crippen MR) is 73.1 cm³/mol. The van der Waals surface area contributed by atoms with E-state index >= 15 is 0 Å². The Bertz CT molecular complexity index is 515. The highest BCUT2D eigenvalue weighted by molar-refractivity contribution is 5.80. The van der Waals surface area contributed by atoms with Gasteiger partial charge in [-0.05, 0) is 50.5 Å². The van der Waals surface area contributed by atoms with E-state index in [0.29, 0.717) is 11.3 Å². The summed E-state index contributed by atoms with van der Waals surface area (Å²) in [6.45, 7) is 1.92. The third-order valence-electron chi connectivity index (χ3n) is 3.54. The standard InChI is InChI=1S/C15H18N2O3/c1-11(14(18)17-10-15(19)7-2-8-15)20-13-5-3-12(9-16)4-6-13/h3-6,11,19H,2,7-8,10H2,1H3,(H,17,18). The Hall–Kier alpha value is -2.06. The molecule has 1 aliphatic rings. The fourth-order valence-electron chi connectivity index (χ4n) is 2.02. The Kier molecular flexibility index (Phi) is 4.26. The van der Waals surface area contributed by atoms with Crippen LogP contribution >= 0.6 is 0 Å². The second kappa shape index (κ2) is 5.93. The van der Waals surface area contributed by atoms with E-state index in [2.05, 4.69) is 5.32 Å². The lowest BCUT2D eigenvalue weighted by Crippen LogP contribution is -2.50. The third kappa shape index (κ3) is 3.49. The molecule has 1 fully saturated rings. The van der Waals surface area contributed by atoms with Gasteiger partial charge >= 0.3 is 0 Å². The molecule has 106 valence electrons. The van der Waals surface area contributed by atoms with Crippen LogP contribution < -0.4 is 10.1 Å². The van der Waals surface area contributed by atoms with Crippen LogP contribution in [0.25, 0.3) is 0 Å². The van der Waals surface area contributed by atoms with Gasteiger partial charge in [-0.2, -0.15) is 5.26 Å². The summed E-state index contributed by atoms with van der Waals surface area (Å²) in [5, 5.41) is 21.3. The minimum atomic E-state index is -0.732. The molecular formula is C15H18N2O3. The Labute approximate surface area is 118 Å². The first-order chi connectivity index (χ1) is 9.52. The number of nitriles is 1. The highest BCUT2D eigenvalue weighted by Crippen LogP contribution is 2.30. The summed E-state index contributed by atoms with van der Waals surface area (Å²) in [7, 11) is 0. The number of carbonyl (C=O) groups is 1. The minimum Gasteiger partial charge on any atom is -0.481 e. The van der Waals surface area contributed by atoms with E-state index < -0.39 is 11.7 Å². The van der Waals surface area contributed by atoms with E-state index in [1.165, 1.54) is 0 Å². The molecule has 5 nitrogen and oxygen atoms in total. The number of nitrogens with one attached hydrogen (secondary N) is 1. The molecule has 2 N–H and O–H groups in total. The molecule has 1 aromatic carbocycles. The van der Waals surface area contributed by atoms with E-state index in [-0.39, 0.29) is 12.5 Å². The lowest BCUT2D eigenvalue weighted by Gasteiger charge is -2.36. The van der Waals surface area contributed by atoms with Gasteiger partial charge in [-0.1, -0.05) is 0 Å². The number of benzene rings is 1. The van der Waals surface area contributed by atoms with Crippen LogP contribution in [-0.2, 0) is 4.79 Å². The van der Waals surface area contributed by atoms with Crippen molar-refractivity contribution in [3.8, 4) is 11.8 Å². The second-order valence-corrected chi connectivity index (χ2v) is 5.19.